The number of carbonyl (C=O) groups is 2. The smallest absolute Gasteiger partial charge is 0.308 e. The van der Waals surface area contributed by atoms with E-state index in [1.807, 2.05) is 19.1 Å². The third-order valence-corrected chi connectivity index (χ3v) is 3.99. The molecule has 0 saturated heterocycles. The number of carboxylic acid groups (broad SMARTS) is 1. The molecule has 2 aliphatic heterocycles. The van der Waals surface area contributed by atoms with E-state index in [1.165, 1.54) is 6.92 Å². The second kappa shape index (κ2) is 4.51. The molecule has 2 unspecified atom stereocenters. The summed E-state index contributed by atoms with van der Waals surface area (Å²) in [5, 5.41) is 9.23. The minimum atomic E-state index is -0.864. The van der Waals surface area contributed by atoms with Gasteiger partial charge in [-0.1, -0.05) is 12.1 Å². The van der Waals surface area contributed by atoms with E-state index in [4.69, 9.17) is 4.74 Å². The van der Waals surface area contributed by atoms with E-state index in [0.29, 0.717) is 6.42 Å². The molecular formula is C15H17NO4. The number of anilines is 1. The molecule has 1 amide bonds. The van der Waals surface area contributed by atoms with Gasteiger partial charge in [-0.25, -0.2) is 0 Å². The second-order valence-corrected chi connectivity index (χ2v) is 5.56. The quantitative estimate of drug-likeness (QED) is 0.845. The molecule has 1 N–H and O–H groups in total. The monoisotopic (exact) mass is 275 g/mol. The van der Waals surface area contributed by atoms with Crippen LogP contribution in [0.5, 0.6) is 5.75 Å². The van der Waals surface area contributed by atoms with Gasteiger partial charge in [0.2, 0.25) is 5.91 Å². The number of rotatable bonds is 1. The zero-order chi connectivity index (χ0) is 14.4. The lowest BCUT2D eigenvalue weighted by Crippen LogP contribution is -2.41. The van der Waals surface area contributed by atoms with Gasteiger partial charge in [-0.3, -0.25) is 9.59 Å². The van der Waals surface area contributed by atoms with Crippen LogP contribution in [-0.2, 0) is 22.4 Å². The van der Waals surface area contributed by atoms with Gasteiger partial charge in [-0.05, 0) is 24.5 Å². The van der Waals surface area contributed by atoms with Crippen LogP contribution in [0.25, 0.3) is 0 Å². The summed E-state index contributed by atoms with van der Waals surface area (Å²) in [5.74, 6) is -0.803. The number of aliphatic carboxylic acids is 1. The van der Waals surface area contributed by atoms with Gasteiger partial charge in [-0.15, -0.1) is 0 Å². The third kappa shape index (κ3) is 1.94. The zero-order valence-electron chi connectivity index (χ0n) is 11.5. The maximum atomic E-state index is 11.9. The first-order chi connectivity index (χ1) is 9.47. The van der Waals surface area contributed by atoms with E-state index in [1.54, 1.807) is 4.90 Å². The highest BCUT2D eigenvalue weighted by molar-refractivity contribution is 5.96. The van der Waals surface area contributed by atoms with E-state index >= 15 is 0 Å². The zero-order valence-corrected chi connectivity index (χ0v) is 11.5. The fourth-order valence-corrected chi connectivity index (χ4v) is 3.05. The van der Waals surface area contributed by atoms with Gasteiger partial charge in [0, 0.05) is 19.9 Å². The number of hydrogen-bond donors (Lipinski definition) is 1. The van der Waals surface area contributed by atoms with Gasteiger partial charge in [-0.2, -0.15) is 0 Å². The van der Waals surface area contributed by atoms with E-state index in [-0.39, 0.29) is 18.6 Å². The van der Waals surface area contributed by atoms with Crippen molar-refractivity contribution in [3.63, 3.8) is 0 Å². The SMILES string of the molecule is CC(=O)N1CC(C(=O)O)Cc2ccc3c(c21)OC(C)C3. The summed E-state index contributed by atoms with van der Waals surface area (Å²) in [7, 11) is 0. The Kier molecular flexibility index (Phi) is 2.92. The van der Waals surface area contributed by atoms with Crippen molar-refractivity contribution in [2.75, 3.05) is 11.4 Å². The van der Waals surface area contributed by atoms with Gasteiger partial charge in [0.25, 0.3) is 0 Å². The molecule has 20 heavy (non-hydrogen) atoms. The van der Waals surface area contributed by atoms with Crippen molar-refractivity contribution in [1.82, 2.24) is 0 Å². The van der Waals surface area contributed by atoms with Crippen LogP contribution in [0.15, 0.2) is 12.1 Å². The minimum Gasteiger partial charge on any atom is -0.488 e. The molecule has 3 rings (SSSR count). The molecule has 2 atom stereocenters. The molecule has 0 aromatic heterocycles. The van der Waals surface area contributed by atoms with Crippen LogP contribution in [0.3, 0.4) is 0 Å². The normalized spacial score (nSPS) is 23.8. The molecule has 2 heterocycles. The van der Waals surface area contributed by atoms with Crippen molar-refractivity contribution in [1.29, 1.82) is 0 Å². The second-order valence-electron chi connectivity index (χ2n) is 5.56. The Balaban J connectivity index is 2.11. The number of amides is 1. The fraction of sp³-hybridized carbons (Fsp3) is 0.467. The van der Waals surface area contributed by atoms with Crippen molar-refractivity contribution in [3.8, 4) is 5.75 Å². The molecule has 0 bridgehead atoms. The minimum absolute atomic E-state index is 0.0995. The van der Waals surface area contributed by atoms with E-state index in [0.717, 1.165) is 29.0 Å². The molecule has 5 nitrogen and oxygen atoms in total. The molecular weight excluding hydrogens is 258 g/mol. The Labute approximate surface area is 117 Å². The lowest BCUT2D eigenvalue weighted by Gasteiger charge is -2.33. The third-order valence-electron chi connectivity index (χ3n) is 3.99. The van der Waals surface area contributed by atoms with E-state index in [2.05, 4.69) is 0 Å². The van der Waals surface area contributed by atoms with Crippen LogP contribution in [0.2, 0.25) is 0 Å². The van der Waals surface area contributed by atoms with Crippen molar-refractivity contribution < 1.29 is 19.4 Å². The maximum Gasteiger partial charge on any atom is 0.308 e. The first kappa shape index (κ1) is 13.0. The highest BCUT2D eigenvalue weighted by atomic mass is 16.5. The van der Waals surface area contributed by atoms with Gasteiger partial charge < -0.3 is 14.7 Å². The molecule has 0 spiro atoms. The lowest BCUT2D eigenvalue weighted by molar-refractivity contribution is -0.141. The van der Waals surface area contributed by atoms with Crippen LogP contribution >= 0.6 is 0 Å². The average Bonchev–Trinajstić information content (AvgIpc) is 2.77. The van der Waals surface area contributed by atoms with Gasteiger partial charge in [0.15, 0.2) is 0 Å². The Hall–Kier alpha value is -2.04. The number of carbonyl (C=O) groups excluding carboxylic acids is 1. The average molecular weight is 275 g/mol. The van der Waals surface area contributed by atoms with Gasteiger partial charge in [0.05, 0.1) is 11.6 Å². The summed E-state index contributed by atoms with van der Waals surface area (Å²) >= 11 is 0. The van der Waals surface area contributed by atoms with Gasteiger partial charge in [0.1, 0.15) is 11.9 Å². The molecule has 0 aliphatic carbocycles. The summed E-state index contributed by atoms with van der Waals surface area (Å²) in [4.78, 5) is 24.7. The summed E-state index contributed by atoms with van der Waals surface area (Å²) in [6, 6.07) is 3.92. The summed E-state index contributed by atoms with van der Waals surface area (Å²) < 4.78 is 5.84. The highest BCUT2D eigenvalue weighted by Crippen LogP contribution is 2.44. The molecule has 5 heteroatoms. The van der Waals surface area contributed by atoms with Crippen LogP contribution < -0.4 is 9.64 Å². The maximum absolute atomic E-state index is 11.9. The van der Waals surface area contributed by atoms with Crippen molar-refractivity contribution in [3.05, 3.63) is 23.3 Å². The Morgan fingerprint density at radius 1 is 1.30 bits per heavy atom. The molecule has 0 fully saturated rings. The number of carboxylic acids is 1. The number of hydrogen-bond acceptors (Lipinski definition) is 3. The van der Waals surface area contributed by atoms with Crippen LogP contribution in [-0.4, -0.2) is 29.6 Å². The van der Waals surface area contributed by atoms with Crippen molar-refractivity contribution >= 4 is 17.6 Å². The fourth-order valence-electron chi connectivity index (χ4n) is 3.05. The van der Waals surface area contributed by atoms with Gasteiger partial charge >= 0.3 is 5.97 Å². The van der Waals surface area contributed by atoms with E-state index in [9.17, 15) is 14.7 Å². The lowest BCUT2D eigenvalue weighted by atomic mass is 9.90. The van der Waals surface area contributed by atoms with Crippen molar-refractivity contribution in [2.45, 2.75) is 32.8 Å². The number of benzene rings is 1. The number of ether oxygens (including phenoxy) is 1. The topological polar surface area (TPSA) is 66.8 Å². The summed E-state index contributed by atoms with van der Waals surface area (Å²) in [5.41, 5.74) is 2.75. The molecule has 1 aromatic carbocycles. The molecule has 1 aromatic rings. The van der Waals surface area contributed by atoms with Crippen molar-refractivity contribution in [2.24, 2.45) is 5.92 Å². The number of fused-ring (bicyclic) bond motifs is 3. The number of nitrogens with zero attached hydrogens (tertiary/aromatic N) is 1. The first-order valence-corrected chi connectivity index (χ1v) is 6.79. The van der Waals surface area contributed by atoms with Crippen LogP contribution in [0, 0.1) is 5.92 Å². The molecule has 0 saturated carbocycles. The standard InChI is InChI=1S/C15H17NO4/c1-8-5-11-4-3-10-6-12(15(18)19)7-16(9(2)17)13(10)14(11)20-8/h3-4,8,12H,5-7H2,1-2H3,(H,18,19). The molecule has 0 radical (unpaired) electrons. The predicted molar refractivity (Wildman–Crippen MR) is 73.1 cm³/mol. The largest absolute Gasteiger partial charge is 0.488 e. The molecule has 2 aliphatic rings. The van der Waals surface area contributed by atoms with Crippen LogP contribution in [0.1, 0.15) is 25.0 Å². The van der Waals surface area contributed by atoms with E-state index < -0.39 is 11.9 Å². The Morgan fingerprint density at radius 2 is 2.00 bits per heavy atom. The van der Waals surface area contributed by atoms with Crippen LogP contribution in [0.4, 0.5) is 5.69 Å². The predicted octanol–water partition coefficient (Wildman–Crippen LogP) is 1.62. The summed E-state index contributed by atoms with van der Waals surface area (Å²) in [6.07, 6.45) is 1.37. The Bertz CT molecular complexity index is 596. The first-order valence-electron chi connectivity index (χ1n) is 6.79. The highest BCUT2D eigenvalue weighted by Gasteiger charge is 2.36. The molecule has 106 valence electrons. The summed E-state index contributed by atoms with van der Waals surface area (Å²) in [6.45, 7) is 3.67. The Morgan fingerprint density at radius 3 is 2.65 bits per heavy atom.